The summed E-state index contributed by atoms with van der Waals surface area (Å²) in [5.41, 5.74) is 4.29. The lowest BCUT2D eigenvalue weighted by molar-refractivity contribution is 0.669. The zero-order valence-corrected chi connectivity index (χ0v) is 26.4. The van der Waals surface area contributed by atoms with Crippen LogP contribution < -0.4 is 0 Å². The van der Waals surface area contributed by atoms with Gasteiger partial charge in [-0.25, -0.2) is 15.0 Å². The molecule has 0 aliphatic heterocycles. The Morgan fingerprint density at radius 1 is 0.457 bits per heavy atom. The van der Waals surface area contributed by atoms with Crippen molar-refractivity contribution in [2.75, 3.05) is 0 Å². The normalized spacial score (nSPS) is 12.0. The summed E-state index contributed by atoms with van der Waals surface area (Å²) >= 11 is 10.0. The van der Waals surface area contributed by atoms with Gasteiger partial charge in [-0.05, 0) is 48.5 Å². The summed E-state index contributed by atoms with van der Waals surface area (Å²) in [7, 11) is 0. The van der Waals surface area contributed by atoms with Gasteiger partial charge in [0.2, 0.25) is 0 Å². The average Bonchev–Trinajstić information content (AvgIpc) is 3.78. The topological polar surface area (TPSA) is 51.8 Å². The number of rotatable bonds is 3. The molecule has 0 radical (unpaired) electrons. The maximum atomic E-state index is 6.46. The van der Waals surface area contributed by atoms with E-state index in [-0.39, 0.29) is 0 Å². The maximum Gasteiger partial charge on any atom is 0.164 e. The molecule has 0 aliphatic rings. The minimum atomic E-state index is 0.584. The van der Waals surface area contributed by atoms with Gasteiger partial charge in [-0.15, -0.1) is 22.7 Å². The lowest BCUT2D eigenvalue weighted by Crippen LogP contribution is -2.00. The van der Waals surface area contributed by atoms with Crippen LogP contribution in [-0.2, 0) is 0 Å². The number of furan rings is 1. The number of benzene rings is 6. The second kappa shape index (κ2) is 9.93. The molecule has 7 heteroatoms. The first kappa shape index (κ1) is 26.1. The average molecular weight is 646 g/mol. The van der Waals surface area contributed by atoms with Crippen molar-refractivity contribution in [3.8, 4) is 34.2 Å². The smallest absolute Gasteiger partial charge is 0.164 e. The van der Waals surface area contributed by atoms with Gasteiger partial charge in [-0.1, -0.05) is 84.4 Å². The van der Waals surface area contributed by atoms with Crippen LogP contribution in [0.15, 0.2) is 126 Å². The lowest BCUT2D eigenvalue weighted by atomic mass is 10.0. The zero-order chi connectivity index (χ0) is 30.4. The van der Waals surface area contributed by atoms with Crippen molar-refractivity contribution in [3.05, 3.63) is 126 Å². The molecule has 6 aromatic carbocycles. The third-order valence-corrected chi connectivity index (χ3v) is 11.1. The van der Waals surface area contributed by atoms with Gasteiger partial charge >= 0.3 is 0 Å². The number of halogens is 1. The van der Waals surface area contributed by atoms with Crippen LogP contribution in [0.3, 0.4) is 0 Å². The van der Waals surface area contributed by atoms with E-state index < -0.39 is 0 Å². The minimum Gasteiger partial charge on any atom is -0.456 e. The molecule has 0 aliphatic carbocycles. The Labute approximate surface area is 275 Å². The molecule has 4 nitrogen and oxygen atoms in total. The van der Waals surface area contributed by atoms with Crippen LogP contribution in [0.5, 0.6) is 0 Å². The highest BCUT2D eigenvalue weighted by molar-refractivity contribution is 7.26. The number of aromatic nitrogens is 3. The fraction of sp³-hybridized carbons (Fsp3) is 0. The molecule has 0 unspecified atom stereocenters. The molecular formula is C39H20ClN3OS2. The first-order chi connectivity index (χ1) is 22.7. The van der Waals surface area contributed by atoms with Crippen LogP contribution in [0.1, 0.15) is 0 Å². The van der Waals surface area contributed by atoms with Gasteiger partial charge in [-0.3, -0.25) is 0 Å². The molecule has 10 aromatic rings. The molecule has 0 saturated carbocycles. The van der Waals surface area contributed by atoms with E-state index >= 15 is 0 Å². The molecule has 4 aromatic heterocycles. The first-order valence-corrected chi connectivity index (χ1v) is 16.9. The summed E-state index contributed by atoms with van der Waals surface area (Å²) in [6, 6.07) is 41.8. The van der Waals surface area contributed by atoms with E-state index in [0.717, 1.165) is 38.6 Å². The van der Waals surface area contributed by atoms with Crippen LogP contribution in [0.25, 0.3) is 96.4 Å². The van der Waals surface area contributed by atoms with Crippen LogP contribution in [0.2, 0.25) is 5.02 Å². The van der Waals surface area contributed by atoms with Crippen LogP contribution in [0.4, 0.5) is 0 Å². The fourth-order valence-corrected chi connectivity index (χ4v) is 8.93. The Bertz CT molecular complexity index is 2720. The van der Waals surface area contributed by atoms with Crippen molar-refractivity contribution < 1.29 is 4.42 Å². The molecule has 0 spiro atoms. The van der Waals surface area contributed by atoms with E-state index in [0.29, 0.717) is 22.5 Å². The Morgan fingerprint density at radius 2 is 1.04 bits per heavy atom. The predicted molar refractivity (Wildman–Crippen MR) is 194 cm³/mol. The number of nitrogens with zero attached hydrogens (tertiary/aromatic N) is 3. The van der Waals surface area contributed by atoms with Crippen molar-refractivity contribution in [2.24, 2.45) is 0 Å². The SMILES string of the molecule is Clc1ccc2oc3cccc(-c4nc(-c5ccc6c(c5)sc5ccccc56)nc(-c5ccc6c(c5)sc5ccccc56)n4)c3c2c1. The number of thiophene rings is 2. The van der Waals surface area contributed by atoms with Crippen molar-refractivity contribution in [3.63, 3.8) is 0 Å². The molecule has 0 amide bonds. The van der Waals surface area contributed by atoms with E-state index in [4.69, 9.17) is 31.0 Å². The van der Waals surface area contributed by atoms with Gasteiger partial charge in [0.05, 0.1) is 0 Å². The first-order valence-electron chi connectivity index (χ1n) is 14.9. The van der Waals surface area contributed by atoms with Crippen molar-refractivity contribution in [1.82, 2.24) is 15.0 Å². The maximum absolute atomic E-state index is 6.46. The Balaban J connectivity index is 1.23. The molecule has 46 heavy (non-hydrogen) atoms. The monoisotopic (exact) mass is 645 g/mol. The van der Waals surface area contributed by atoms with E-state index in [2.05, 4.69) is 84.9 Å². The highest BCUT2D eigenvalue weighted by atomic mass is 35.5. The van der Waals surface area contributed by atoms with E-state index in [9.17, 15) is 0 Å². The largest absolute Gasteiger partial charge is 0.456 e. The van der Waals surface area contributed by atoms with Gasteiger partial charge < -0.3 is 4.42 Å². The van der Waals surface area contributed by atoms with Gasteiger partial charge in [-0.2, -0.15) is 0 Å². The Hall–Kier alpha value is -5.14. The fourth-order valence-electron chi connectivity index (χ4n) is 6.47. The van der Waals surface area contributed by atoms with E-state index in [1.165, 1.54) is 40.3 Å². The number of hydrogen-bond acceptors (Lipinski definition) is 6. The summed E-state index contributed by atoms with van der Waals surface area (Å²) in [6.45, 7) is 0. The lowest BCUT2D eigenvalue weighted by Gasteiger charge is -2.10. The highest BCUT2D eigenvalue weighted by Crippen LogP contribution is 2.40. The summed E-state index contributed by atoms with van der Waals surface area (Å²) in [6.07, 6.45) is 0. The summed E-state index contributed by atoms with van der Waals surface area (Å²) in [5, 5.41) is 7.51. The van der Waals surface area contributed by atoms with Gasteiger partial charge in [0.25, 0.3) is 0 Å². The summed E-state index contributed by atoms with van der Waals surface area (Å²) in [4.78, 5) is 15.4. The zero-order valence-electron chi connectivity index (χ0n) is 24.0. The van der Waals surface area contributed by atoms with Crippen molar-refractivity contribution >= 4 is 96.6 Å². The molecule has 0 atom stereocenters. The standard InChI is InChI=1S/C39H20ClN3OS2/c40-23-14-17-30-29(20-23)36-28(8-5-9-31(36)44-30)39-42-37(21-12-15-26-24-6-1-3-10-32(24)45-34(26)18-21)41-38(43-39)22-13-16-27-25-7-2-4-11-33(25)46-35(27)19-22/h1-20H. The third-order valence-electron chi connectivity index (χ3n) is 8.61. The summed E-state index contributed by atoms with van der Waals surface area (Å²) < 4.78 is 11.2. The molecular weight excluding hydrogens is 626 g/mol. The van der Waals surface area contributed by atoms with Gasteiger partial charge in [0.15, 0.2) is 17.5 Å². The molecule has 10 rings (SSSR count). The third kappa shape index (κ3) is 4.01. The number of fused-ring (bicyclic) bond motifs is 9. The molecule has 216 valence electrons. The van der Waals surface area contributed by atoms with E-state index in [1.807, 2.05) is 36.4 Å². The van der Waals surface area contributed by atoms with Gasteiger partial charge in [0, 0.05) is 72.8 Å². The summed E-state index contributed by atoms with van der Waals surface area (Å²) in [5.74, 6) is 1.83. The van der Waals surface area contributed by atoms with E-state index in [1.54, 1.807) is 22.7 Å². The predicted octanol–water partition coefficient (Wildman–Crippen LogP) is 12.2. The van der Waals surface area contributed by atoms with Crippen molar-refractivity contribution in [1.29, 1.82) is 0 Å². The number of hydrogen-bond donors (Lipinski definition) is 0. The highest BCUT2D eigenvalue weighted by Gasteiger charge is 2.19. The second-order valence-electron chi connectivity index (χ2n) is 11.3. The Morgan fingerprint density at radius 3 is 1.70 bits per heavy atom. The molecule has 0 bridgehead atoms. The van der Waals surface area contributed by atoms with Crippen molar-refractivity contribution in [2.45, 2.75) is 0 Å². The molecule has 0 N–H and O–H groups in total. The van der Waals surface area contributed by atoms with Gasteiger partial charge in [0.1, 0.15) is 11.2 Å². The quantitative estimate of drug-likeness (QED) is 0.192. The van der Waals surface area contributed by atoms with Crippen LogP contribution in [-0.4, -0.2) is 15.0 Å². The van der Waals surface area contributed by atoms with Crippen LogP contribution in [0, 0.1) is 0 Å². The van der Waals surface area contributed by atoms with Crippen LogP contribution >= 0.6 is 34.3 Å². The minimum absolute atomic E-state index is 0.584. The molecule has 0 saturated heterocycles. The molecule has 0 fully saturated rings. The second-order valence-corrected chi connectivity index (χ2v) is 13.9. The Kier molecular flexibility index (Phi) is 5.64. The molecule has 4 heterocycles.